The van der Waals surface area contributed by atoms with Crippen LogP contribution in [0.25, 0.3) is 0 Å². The highest BCUT2D eigenvalue weighted by atomic mass is 32.1. The highest BCUT2D eigenvalue weighted by Crippen LogP contribution is 2.18. The Kier molecular flexibility index (Phi) is 5.75. The number of nitrogens with zero attached hydrogens (tertiary/aromatic N) is 5. The van der Waals surface area contributed by atoms with E-state index in [0.717, 1.165) is 44.3 Å². The van der Waals surface area contributed by atoms with E-state index < -0.39 is 0 Å². The van der Waals surface area contributed by atoms with Crippen LogP contribution in [-0.4, -0.2) is 62.7 Å². The van der Waals surface area contributed by atoms with Gasteiger partial charge in [-0.25, -0.2) is 4.98 Å². The predicted molar refractivity (Wildman–Crippen MR) is 107 cm³/mol. The SMILES string of the molecule is CN(C)c1ccc(CCN=C(N)N2CCN(c3nccs3)CC2)cc1. The van der Waals surface area contributed by atoms with E-state index >= 15 is 0 Å². The van der Waals surface area contributed by atoms with Crippen molar-refractivity contribution in [1.29, 1.82) is 0 Å². The lowest BCUT2D eigenvalue weighted by Crippen LogP contribution is -2.51. The number of guanidine groups is 1. The first-order chi connectivity index (χ1) is 12.1. The minimum absolute atomic E-state index is 0.656. The van der Waals surface area contributed by atoms with Gasteiger partial charge in [-0.1, -0.05) is 12.1 Å². The third-order valence-electron chi connectivity index (χ3n) is 4.42. The lowest BCUT2D eigenvalue weighted by molar-refractivity contribution is 0.380. The van der Waals surface area contributed by atoms with Crippen LogP contribution in [-0.2, 0) is 6.42 Å². The van der Waals surface area contributed by atoms with Crippen LogP contribution >= 0.6 is 11.3 Å². The third-order valence-corrected chi connectivity index (χ3v) is 5.25. The molecule has 0 amide bonds. The molecule has 6 nitrogen and oxygen atoms in total. The van der Waals surface area contributed by atoms with Crippen molar-refractivity contribution in [3.8, 4) is 0 Å². The molecule has 3 rings (SSSR count). The summed E-state index contributed by atoms with van der Waals surface area (Å²) in [4.78, 5) is 15.5. The normalized spacial score (nSPS) is 15.5. The average molecular weight is 359 g/mol. The molecule has 0 atom stereocenters. The minimum Gasteiger partial charge on any atom is -0.378 e. The molecule has 0 unspecified atom stereocenters. The molecule has 0 radical (unpaired) electrons. The van der Waals surface area contributed by atoms with Gasteiger partial charge in [-0.2, -0.15) is 0 Å². The highest BCUT2D eigenvalue weighted by Gasteiger charge is 2.19. The second-order valence-corrected chi connectivity index (χ2v) is 7.21. The second-order valence-electron chi connectivity index (χ2n) is 6.34. The summed E-state index contributed by atoms with van der Waals surface area (Å²) in [7, 11) is 4.10. The molecule has 2 N–H and O–H groups in total. The molecular weight excluding hydrogens is 332 g/mol. The molecule has 25 heavy (non-hydrogen) atoms. The summed E-state index contributed by atoms with van der Waals surface area (Å²) in [6.07, 6.45) is 2.76. The van der Waals surface area contributed by atoms with Crippen LogP contribution in [0.1, 0.15) is 5.56 Å². The fourth-order valence-electron chi connectivity index (χ4n) is 2.86. The Bertz CT molecular complexity index is 672. The van der Waals surface area contributed by atoms with Crippen LogP contribution in [0, 0.1) is 0 Å². The first-order valence-electron chi connectivity index (χ1n) is 8.59. The standard InChI is InChI=1S/C18H26N6S/c1-22(2)16-5-3-15(4-6-16)7-8-20-17(19)23-10-12-24(13-11-23)18-21-9-14-25-18/h3-6,9,14H,7-8,10-13H2,1-2H3,(H2,19,20). The van der Waals surface area contributed by atoms with Gasteiger partial charge in [-0.15, -0.1) is 11.3 Å². The number of aromatic nitrogens is 1. The average Bonchev–Trinajstić information content (AvgIpc) is 3.17. The van der Waals surface area contributed by atoms with Crippen molar-refractivity contribution in [2.75, 3.05) is 56.6 Å². The van der Waals surface area contributed by atoms with Gasteiger partial charge in [0.1, 0.15) is 0 Å². The maximum Gasteiger partial charge on any atom is 0.191 e. The van der Waals surface area contributed by atoms with Crippen molar-refractivity contribution in [3.05, 3.63) is 41.4 Å². The summed E-state index contributed by atoms with van der Waals surface area (Å²) in [5.41, 5.74) is 8.68. The molecule has 134 valence electrons. The Labute approximate surface area is 153 Å². The smallest absolute Gasteiger partial charge is 0.191 e. The quantitative estimate of drug-likeness (QED) is 0.653. The number of rotatable bonds is 5. The minimum atomic E-state index is 0.656. The summed E-state index contributed by atoms with van der Waals surface area (Å²) in [5, 5.41) is 3.11. The second kappa shape index (κ2) is 8.20. The largest absolute Gasteiger partial charge is 0.378 e. The van der Waals surface area contributed by atoms with E-state index in [-0.39, 0.29) is 0 Å². The van der Waals surface area contributed by atoms with Gasteiger partial charge in [0, 0.05) is 64.1 Å². The van der Waals surface area contributed by atoms with Crippen LogP contribution in [0.3, 0.4) is 0 Å². The molecule has 2 heterocycles. The van der Waals surface area contributed by atoms with Crippen LogP contribution in [0.15, 0.2) is 40.8 Å². The monoisotopic (exact) mass is 358 g/mol. The fourth-order valence-corrected chi connectivity index (χ4v) is 3.56. The maximum atomic E-state index is 6.18. The van der Waals surface area contributed by atoms with Crippen molar-refractivity contribution in [2.24, 2.45) is 10.7 Å². The summed E-state index contributed by atoms with van der Waals surface area (Å²) >= 11 is 1.69. The number of aliphatic imine (C=N–C) groups is 1. The highest BCUT2D eigenvalue weighted by molar-refractivity contribution is 7.13. The molecular formula is C18H26N6S. The van der Waals surface area contributed by atoms with Gasteiger partial charge in [0.05, 0.1) is 0 Å². The molecule has 7 heteroatoms. The Morgan fingerprint density at radius 1 is 1.20 bits per heavy atom. The van der Waals surface area contributed by atoms with Crippen LogP contribution < -0.4 is 15.5 Å². The lowest BCUT2D eigenvalue weighted by atomic mass is 10.1. The molecule has 1 fully saturated rings. The Hall–Kier alpha value is -2.28. The summed E-state index contributed by atoms with van der Waals surface area (Å²) < 4.78 is 0. The molecule has 1 saturated heterocycles. The first kappa shape index (κ1) is 17.5. The molecule has 1 aliphatic rings. The van der Waals surface area contributed by atoms with E-state index in [0.29, 0.717) is 5.96 Å². The molecule has 0 saturated carbocycles. The Morgan fingerprint density at radius 2 is 1.92 bits per heavy atom. The molecule has 0 spiro atoms. The summed E-state index contributed by atoms with van der Waals surface area (Å²) in [6.45, 7) is 4.39. The number of piperazine rings is 1. The third kappa shape index (κ3) is 4.63. The van der Waals surface area contributed by atoms with Gasteiger partial charge >= 0.3 is 0 Å². The zero-order valence-corrected chi connectivity index (χ0v) is 15.7. The van der Waals surface area contributed by atoms with E-state index in [1.165, 1.54) is 11.3 Å². The zero-order valence-electron chi connectivity index (χ0n) is 14.9. The van der Waals surface area contributed by atoms with Crippen LogP contribution in [0.2, 0.25) is 0 Å². The Morgan fingerprint density at radius 3 is 2.52 bits per heavy atom. The summed E-state index contributed by atoms with van der Waals surface area (Å²) in [6, 6.07) is 8.60. The van der Waals surface area contributed by atoms with Crippen LogP contribution in [0.5, 0.6) is 0 Å². The fraction of sp³-hybridized carbons (Fsp3) is 0.444. The summed E-state index contributed by atoms with van der Waals surface area (Å²) in [5.74, 6) is 0.656. The lowest BCUT2D eigenvalue weighted by Gasteiger charge is -2.35. The van der Waals surface area contributed by atoms with E-state index in [2.05, 4.69) is 48.9 Å². The number of hydrogen-bond donors (Lipinski definition) is 1. The van der Waals surface area contributed by atoms with Gasteiger partial charge in [0.25, 0.3) is 0 Å². The van der Waals surface area contributed by atoms with Crippen LogP contribution in [0.4, 0.5) is 10.8 Å². The predicted octanol–water partition coefficient (Wildman–Crippen LogP) is 1.89. The molecule has 0 aliphatic carbocycles. The van der Waals surface area contributed by atoms with E-state index in [1.54, 1.807) is 11.3 Å². The van der Waals surface area contributed by atoms with E-state index in [1.807, 2.05) is 25.7 Å². The van der Waals surface area contributed by atoms with Crippen molar-refractivity contribution in [2.45, 2.75) is 6.42 Å². The molecule has 2 aromatic rings. The first-order valence-corrected chi connectivity index (χ1v) is 9.47. The number of anilines is 2. The number of thiazole rings is 1. The van der Waals surface area contributed by atoms with Gasteiger partial charge in [-0.3, -0.25) is 4.99 Å². The van der Waals surface area contributed by atoms with Gasteiger partial charge in [-0.05, 0) is 24.1 Å². The number of benzene rings is 1. The molecule has 0 bridgehead atoms. The van der Waals surface area contributed by atoms with Crippen molar-refractivity contribution < 1.29 is 0 Å². The van der Waals surface area contributed by atoms with Crippen molar-refractivity contribution in [3.63, 3.8) is 0 Å². The topological polar surface area (TPSA) is 61.0 Å². The maximum absolute atomic E-state index is 6.18. The Balaban J connectivity index is 1.46. The van der Waals surface area contributed by atoms with E-state index in [9.17, 15) is 0 Å². The number of nitrogens with two attached hydrogens (primary N) is 1. The van der Waals surface area contributed by atoms with Gasteiger partial charge < -0.3 is 20.4 Å². The van der Waals surface area contributed by atoms with Gasteiger partial charge in [0.15, 0.2) is 11.1 Å². The van der Waals surface area contributed by atoms with Crippen molar-refractivity contribution >= 4 is 28.1 Å². The van der Waals surface area contributed by atoms with Gasteiger partial charge in [0.2, 0.25) is 0 Å². The van der Waals surface area contributed by atoms with Crippen molar-refractivity contribution in [1.82, 2.24) is 9.88 Å². The zero-order chi connectivity index (χ0) is 17.6. The molecule has 1 aromatic carbocycles. The molecule has 1 aliphatic heterocycles. The number of hydrogen-bond acceptors (Lipinski definition) is 5. The van der Waals surface area contributed by atoms with E-state index in [4.69, 9.17) is 5.73 Å². The molecule has 1 aromatic heterocycles.